The number of amides is 1. The third-order valence-corrected chi connectivity index (χ3v) is 7.27. The number of likely N-dealkylation sites (tertiary alicyclic amines) is 1. The Morgan fingerprint density at radius 1 is 0.971 bits per heavy atom. The molecular formula is C30H31FN2O. The molecule has 174 valence electrons. The predicted octanol–water partition coefficient (Wildman–Crippen LogP) is 6.32. The Morgan fingerprint density at radius 2 is 1.71 bits per heavy atom. The first-order chi connectivity index (χ1) is 16.6. The van der Waals surface area contributed by atoms with Gasteiger partial charge in [0.15, 0.2) is 0 Å². The summed E-state index contributed by atoms with van der Waals surface area (Å²) >= 11 is 0. The van der Waals surface area contributed by atoms with Gasteiger partial charge in [0.1, 0.15) is 5.82 Å². The Kier molecular flexibility index (Phi) is 6.48. The van der Waals surface area contributed by atoms with Gasteiger partial charge >= 0.3 is 0 Å². The smallest absolute Gasteiger partial charge is 0.223 e. The fraction of sp³-hybridized carbons (Fsp3) is 0.300. The highest BCUT2D eigenvalue weighted by atomic mass is 19.1. The molecule has 4 heteroatoms. The number of hydrogen-bond donors (Lipinski definition) is 0. The van der Waals surface area contributed by atoms with E-state index in [2.05, 4.69) is 53.2 Å². The van der Waals surface area contributed by atoms with E-state index < -0.39 is 0 Å². The van der Waals surface area contributed by atoms with Gasteiger partial charge < -0.3 is 9.47 Å². The molecule has 0 bridgehead atoms. The summed E-state index contributed by atoms with van der Waals surface area (Å²) in [5.41, 5.74) is 4.42. The number of piperidine rings is 1. The molecule has 1 aliphatic rings. The lowest BCUT2D eigenvalue weighted by Crippen LogP contribution is -2.39. The maximum atomic E-state index is 14.2. The molecule has 1 amide bonds. The number of rotatable bonds is 6. The maximum Gasteiger partial charge on any atom is 0.223 e. The summed E-state index contributed by atoms with van der Waals surface area (Å²) in [5, 5.41) is 1.12. The highest BCUT2D eigenvalue weighted by Gasteiger charge is 2.28. The van der Waals surface area contributed by atoms with Gasteiger partial charge in [-0.05, 0) is 60.1 Å². The van der Waals surface area contributed by atoms with Crippen LogP contribution in [0.3, 0.4) is 0 Å². The normalized spacial score (nSPS) is 15.5. The molecule has 0 saturated carbocycles. The van der Waals surface area contributed by atoms with Crippen molar-refractivity contribution in [2.24, 2.45) is 13.0 Å². The quantitative estimate of drug-likeness (QED) is 0.335. The third-order valence-electron chi connectivity index (χ3n) is 7.27. The Labute approximate surface area is 200 Å². The Bertz CT molecular complexity index is 1270. The fourth-order valence-electron chi connectivity index (χ4n) is 5.42. The molecule has 1 unspecified atom stereocenters. The highest BCUT2D eigenvalue weighted by Crippen LogP contribution is 2.35. The fourth-order valence-corrected chi connectivity index (χ4v) is 5.42. The first-order valence-electron chi connectivity index (χ1n) is 12.2. The second kappa shape index (κ2) is 9.84. The third kappa shape index (κ3) is 4.77. The summed E-state index contributed by atoms with van der Waals surface area (Å²) < 4.78 is 16.3. The van der Waals surface area contributed by atoms with Gasteiger partial charge in [-0.3, -0.25) is 4.79 Å². The van der Waals surface area contributed by atoms with Crippen LogP contribution in [-0.4, -0.2) is 28.5 Å². The van der Waals surface area contributed by atoms with E-state index in [1.807, 2.05) is 30.1 Å². The minimum absolute atomic E-state index is 0.153. The summed E-state index contributed by atoms with van der Waals surface area (Å²) in [4.78, 5) is 15.5. The highest BCUT2D eigenvalue weighted by molar-refractivity contribution is 5.86. The Hall–Kier alpha value is -3.40. The number of benzene rings is 3. The molecule has 5 rings (SSSR count). The largest absolute Gasteiger partial charge is 0.350 e. The van der Waals surface area contributed by atoms with Crippen LogP contribution in [0.15, 0.2) is 85.1 Å². The van der Waals surface area contributed by atoms with Crippen molar-refractivity contribution in [1.29, 1.82) is 0 Å². The van der Waals surface area contributed by atoms with Crippen LogP contribution in [0.25, 0.3) is 10.9 Å². The van der Waals surface area contributed by atoms with Crippen molar-refractivity contribution in [3.8, 4) is 0 Å². The second-order valence-electron chi connectivity index (χ2n) is 9.54. The van der Waals surface area contributed by atoms with Crippen LogP contribution in [0, 0.1) is 11.7 Å². The van der Waals surface area contributed by atoms with E-state index in [9.17, 15) is 9.18 Å². The number of nitrogens with zero attached hydrogens (tertiary/aromatic N) is 2. The lowest BCUT2D eigenvalue weighted by Gasteiger charge is -2.33. The second-order valence-corrected chi connectivity index (χ2v) is 9.54. The summed E-state index contributed by atoms with van der Waals surface area (Å²) in [7, 11) is 2.02. The molecule has 1 atom stereocenters. The van der Waals surface area contributed by atoms with Crippen LogP contribution >= 0.6 is 0 Å². The number of aryl methyl sites for hydroxylation is 1. The van der Waals surface area contributed by atoms with E-state index in [0.717, 1.165) is 54.4 Å². The van der Waals surface area contributed by atoms with Gasteiger partial charge in [-0.1, -0.05) is 60.7 Å². The number of fused-ring (bicyclic) bond motifs is 1. The predicted molar refractivity (Wildman–Crippen MR) is 135 cm³/mol. The minimum atomic E-state index is -0.267. The first kappa shape index (κ1) is 22.4. The topological polar surface area (TPSA) is 25.2 Å². The molecule has 1 aliphatic heterocycles. The van der Waals surface area contributed by atoms with E-state index in [0.29, 0.717) is 12.3 Å². The van der Waals surface area contributed by atoms with E-state index >= 15 is 0 Å². The Morgan fingerprint density at radius 3 is 2.47 bits per heavy atom. The first-order valence-corrected chi connectivity index (χ1v) is 12.2. The van der Waals surface area contributed by atoms with Crippen molar-refractivity contribution in [1.82, 2.24) is 9.47 Å². The van der Waals surface area contributed by atoms with E-state index in [-0.39, 0.29) is 17.6 Å². The number of halogens is 1. The molecule has 0 aliphatic carbocycles. The average Bonchev–Trinajstić information content (AvgIpc) is 3.20. The van der Waals surface area contributed by atoms with Crippen LogP contribution in [0.5, 0.6) is 0 Å². The van der Waals surface area contributed by atoms with Crippen molar-refractivity contribution in [3.05, 3.63) is 108 Å². The lowest BCUT2D eigenvalue weighted by molar-refractivity contribution is -0.132. The van der Waals surface area contributed by atoms with E-state index in [1.165, 1.54) is 11.6 Å². The molecule has 3 nitrogen and oxygen atoms in total. The van der Waals surface area contributed by atoms with Gasteiger partial charge in [0.25, 0.3) is 0 Å². The SMILES string of the molecule is Cn1cc(C(CC(=O)N2CCC(Cc3ccccc3)CC2)c2cccc(F)c2)c2ccccc21. The van der Waals surface area contributed by atoms with E-state index in [1.54, 1.807) is 12.1 Å². The number of hydrogen-bond acceptors (Lipinski definition) is 1. The number of carbonyl (C=O) groups excluding carboxylic acids is 1. The molecule has 3 aromatic carbocycles. The zero-order chi connectivity index (χ0) is 23.5. The van der Waals surface area contributed by atoms with Crippen molar-refractivity contribution >= 4 is 16.8 Å². The van der Waals surface area contributed by atoms with Crippen LogP contribution in [0.4, 0.5) is 4.39 Å². The van der Waals surface area contributed by atoms with Crippen LogP contribution in [0.1, 0.15) is 41.9 Å². The van der Waals surface area contributed by atoms with Crippen molar-refractivity contribution in [2.75, 3.05) is 13.1 Å². The molecule has 0 spiro atoms. The van der Waals surface area contributed by atoms with Crippen molar-refractivity contribution in [3.63, 3.8) is 0 Å². The Balaban J connectivity index is 1.34. The molecular weight excluding hydrogens is 423 g/mol. The lowest BCUT2D eigenvalue weighted by atomic mass is 9.86. The molecule has 4 aromatic rings. The molecule has 2 heterocycles. The van der Waals surface area contributed by atoms with E-state index in [4.69, 9.17) is 0 Å². The monoisotopic (exact) mass is 454 g/mol. The van der Waals surface area contributed by atoms with Gasteiger partial charge in [0.2, 0.25) is 5.91 Å². The van der Waals surface area contributed by atoms with Crippen molar-refractivity contribution in [2.45, 2.75) is 31.6 Å². The van der Waals surface area contributed by atoms with Crippen LogP contribution in [0.2, 0.25) is 0 Å². The summed E-state index contributed by atoms with van der Waals surface area (Å²) in [6.45, 7) is 1.59. The standard InChI is InChI=1S/C30H31FN2O/c1-32-21-28(26-12-5-6-13-29(26)32)27(24-10-7-11-25(31)19-24)20-30(34)33-16-14-23(15-17-33)18-22-8-3-2-4-9-22/h2-13,19,21,23,27H,14-18,20H2,1H3. The van der Waals surface area contributed by atoms with Crippen LogP contribution < -0.4 is 0 Å². The zero-order valence-electron chi connectivity index (χ0n) is 19.7. The molecule has 0 N–H and O–H groups in total. The maximum absolute atomic E-state index is 14.2. The molecule has 1 saturated heterocycles. The summed E-state index contributed by atoms with van der Waals surface area (Å²) in [6, 6.07) is 25.5. The van der Waals surface area contributed by atoms with Gasteiger partial charge in [-0.25, -0.2) is 4.39 Å². The van der Waals surface area contributed by atoms with Crippen molar-refractivity contribution < 1.29 is 9.18 Å². The molecule has 1 fully saturated rings. The summed E-state index contributed by atoms with van der Waals surface area (Å²) in [6.07, 6.45) is 5.57. The molecule has 34 heavy (non-hydrogen) atoms. The number of para-hydroxylation sites is 1. The average molecular weight is 455 g/mol. The van der Waals surface area contributed by atoms with Gasteiger partial charge in [0, 0.05) is 49.6 Å². The zero-order valence-corrected chi connectivity index (χ0v) is 19.7. The molecule has 0 radical (unpaired) electrons. The number of aromatic nitrogens is 1. The molecule has 1 aromatic heterocycles. The number of carbonyl (C=O) groups is 1. The summed E-state index contributed by atoms with van der Waals surface area (Å²) in [5.74, 6) is 0.317. The minimum Gasteiger partial charge on any atom is -0.350 e. The van der Waals surface area contributed by atoms with Gasteiger partial charge in [-0.15, -0.1) is 0 Å². The van der Waals surface area contributed by atoms with Crippen LogP contribution in [-0.2, 0) is 18.3 Å². The van der Waals surface area contributed by atoms with Gasteiger partial charge in [0.05, 0.1) is 0 Å². The van der Waals surface area contributed by atoms with Gasteiger partial charge in [-0.2, -0.15) is 0 Å².